The molecule has 0 unspecified atom stereocenters. The summed E-state index contributed by atoms with van der Waals surface area (Å²) < 4.78 is 38.6. The molecular formula is C22H22F3N7O3S. The van der Waals surface area contributed by atoms with Crippen LogP contribution < -0.4 is 21.3 Å². The molecule has 2 aliphatic rings. The molecule has 0 bridgehead atoms. The number of carbonyl (C=O) groups excluding carboxylic acids is 3. The van der Waals surface area contributed by atoms with Gasteiger partial charge in [-0.15, -0.1) is 11.3 Å². The normalized spacial score (nSPS) is 17.3. The highest BCUT2D eigenvalue weighted by atomic mass is 32.1. The average Bonchev–Trinajstić information content (AvgIpc) is 3.22. The molecule has 14 heteroatoms. The van der Waals surface area contributed by atoms with E-state index in [0.717, 1.165) is 24.2 Å². The van der Waals surface area contributed by atoms with Crippen LogP contribution in [0, 0.1) is 0 Å². The number of amides is 4. The summed E-state index contributed by atoms with van der Waals surface area (Å²) in [6, 6.07) is 2.87. The molecule has 3 heterocycles. The van der Waals surface area contributed by atoms with Crippen LogP contribution in [0.3, 0.4) is 0 Å². The summed E-state index contributed by atoms with van der Waals surface area (Å²) in [5.74, 6) is -0.822. The Morgan fingerprint density at radius 1 is 1.28 bits per heavy atom. The maximum absolute atomic E-state index is 12.3. The minimum absolute atomic E-state index is 0.0419. The third-order valence-electron chi connectivity index (χ3n) is 5.16. The fourth-order valence-corrected chi connectivity index (χ4v) is 4.10. The van der Waals surface area contributed by atoms with Gasteiger partial charge in [0.2, 0.25) is 0 Å². The first-order valence-corrected chi connectivity index (χ1v) is 11.7. The van der Waals surface area contributed by atoms with Gasteiger partial charge in [0.1, 0.15) is 5.70 Å². The molecule has 1 saturated carbocycles. The summed E-state index contributed by atoms with van der Waals surface area (Å²) in [5, 5.41) is 14.5. The van der Waals surface area contributed by atoms with E-state index in [1.54, 1.807) is 10.7 Å². The lowest BCUT2D eigenvalue weighted by Gasteiger charge is -2.08. The number of aliphatic imine (C=N–C) groups is 1. The molecule has 10 nitrogen and oxygen atoms in total. The van der Waals surface area contributed by atoms with Gasteiger partial charge < -0.3 is 10.6 Å². The molecule has 190 valence electrons. The molecule has 0 radical (unpaired) electrons. The van der Waals surface area contributed by atoms with Crippen LogP contribution in [0.25, 0.3) is 6.08 Å². The molecule has 0 aromatic carbocycles. The van der Waals surface area contributed by atoms with Gasteiger partial charge in [0.25, 0.3) is 11.8 Å². The summed E-state index contributed by atoms with van der Waals surface area (Å²) in [6.45, 7) is 3.62. The quantitative estimate of drug-likeness (QED) is 0.217. The number of halogens is 3. The first-order valence-electron chi connectivity index (χ1n) is 10.9. The fourth-order valence-electron chi connectivity index (χ4n) is 3.19. The van der Waals surface area contributed by atoms with E-state index in [9.17, 15) is 27.6 Å². The smallest absolute Gasteiger partial charge is 0.351 e. The van der Waals surface area contributed by atoms with E-state index in [4.69, 9.17) is 0 Å². The van der Waals surface area contributed by atoms with E-state index in [2.05, 4.69) is 37.9 Å². The number of alkyl halides is 3. The van der Waals surface area contributed by atoms with Crippen LogP contribution in [0.15, 0.2) is 41.7 Å². The molecule has 2 fully saturated rings. The zero-order chi connectivity index (χ0) is 25.9. The van der Waals surface area contributed by atoms with Crippen molar-refractivity contribution in [2.24, 2.45) is 4.99 Å². The number of rotatable bonds is 10. The average molecular weight is 522 g/mol. The highest BCUT2D eigenvalue weighted by molar-refractivity contribution is 7.16. The Morgan fingerprint density at radius 3 is 2.67 bits per heavy atom. The Hall–Kier alpha value is -3.78. The van der Waals surface area contributed by atoms with Crippen LogP contribution >= 0.6 is 11.3 Å². The van der Waals surface area contributed by atoms with Crippen molar-refractivity contribution in [3.05, 3.63) is 52.0 Å². The maximum atomic E-state index is 12.3. The standard InChI is InChI=1S/C22H22F3N7O3S/c1-2-14(16-5-6-17(36-16)20(34)26-8-7-22(23,24)25)29-18-12(9-15-19(33)31-21(35)30-15)10-28-32(18)11-27-13-3-4-13/h2,5-6,9-10,13,27H,1,3-4,7-8,11H2,(H,26,34)(H2,30,31,33,35)/b15-9-,29-14+. The molecule has 1 saturated heterocycles. The largest absolute Gasteiger partial charge is 0.390 e. The Kier molecular flexibility index (Phi) is 7.35. The predicted molar refractivity (Wildman–Crippen MR) is 127 cm³/mol. The molecule has 0 spiro atoms. The number of imide groups is 1. The number of hydrogen-bond donors (Lipinski definition) is 4. The monoisotopic (exact) mass is 521 g/mol. The summed E-state index contributed by atoms with van der Waals surface area (Å²) in [4.78, 5) is 41.1. The Balaban J connectivity index is 1.59. The van der Waals surface area contributed by atoms with E-state index >= 15 is 0 Å². The van der Waals surface area contributed by atoms with Crippen molar-refractivity contribution in [3.8, 4) is 0 Å². The SMILES string of the molecule is C=C/C(=N\c1c(/C=C2\NC(=O)NC2=O)cnn1CNC1CC1)c1ccc(C(=O)NCCC(F)(F)F)s1. The van der Waals surface area contributed by atoms with E-state index in [0.29, 0.717) is 34.7 Å². The van der Waals surface area contributed by atoms with Crippen molar-refractivity contribution >= 4 is 46.8 Å². The second kappa shape index (κ2) is 10.5. The number of thiophene rings is 1. The van der Waals surface area contributed by atoms with Crippen molar-refractivity contribution < 1.29 is 27.6 Å². The van der Waals surface area contributed by atoms with Gasteiger partial charge in [-0.05, 0) is 37.1 Å². The minimum atomic E-state index is -4.36. The highest BCUT2D eigenvalue weighted by Gasteiger charge is 2.27. The van der Waals surface area contributed by atoms with Gasteiger partial charge in [-0.1, -0.05) is 6.58 Å². The molecule has 2 aromatic heterocycles. The van der Waals surface area contributed by atoms with Crippen LogP contribution in [0.5, 0.6) is 0 Å². The molecular weight excluding hydrogens is 499 g/mol. The zero-order valence-corrected chi connectivity index (χ0v) is 19.6. The van der Waals surface area contributed by atoms with Gasteiger partial charge in [0.05, 0.1) is 34.8 Å². The Bertz CT molecular complexity index is 1260. The minimum Gasteiger partial charge on any atom is -0.351 e. The summed E-state index contributed by atoms with van der Waals surface area (Å²) in [7, 11) is 0. The van der Waals surface area contributed by atoms with Gasteiger partial charge in [-0.25, -0.2) is 14.5 Å². The van der Waals surface area contributed by atoms with Crippen LogP contribution in [0.4, 0.5) is 23.8 Å². The van der Waals surface area contributed by atoms with E-state index in [1.807, 2.05) is 0 Å². The molecule has 4 N–H and O–H groups in total. The van der Waals surface area contributed by atoms with Gasteiger partial charge in [0.15, 0.2) is 5.82 Å². The number of nitrogens with one attached hydrogen (secondary N) is 4. The molecule has 1 aliphatic carbocycles. The number of aromatic nitrogens is 2. The van der Waals surface area contributed by atoms with Crippen LogP contribution in [-0.2, 0) is 11.5 Å². The third-order valence-corrected chi connectivity index (χ3v) is 6.27. The third kappa shape index (κ3) is 6.46. The van der Waals surface area contributed by atoms with Crippen molar-refractivity contribution in [1.29, 1.82) is 0 Å². The van der Waals surface area contributed by atoms with Gasteiger partial charge in [0, 0.05) is 18.2 Å². The highest BCUT2D eigenvalue weighted by Crippen LogP contribution is 2.27. The number of urea groups is 1. The van der Waals surface area contributed by atoms with E-state index in [-0.39, 0.29) is 10.6 Å². The fraction of sp³-hybridized carbons (Fsp3) is 0.318. The van der Waals surface area contributed by atoms with E-state index < -0.39 is 37.0 Å². The lowest BCUT2D eigenvalue weighted by Crippen LogP contribution is -2.27. The van der Waals surface area contributed by atoms with Crippen LogP contribution in [0.1, 0.15) is 39.4 Å². The summed E-state index contributed by atoms with van der Waals surface area (Å²) in [5.41, 5.74) is 0.892. The van der Waals surface area contributed by atoms with E-state index in [1.165, 1.54) is 24.4 Å². The van der Waals surface area contributed by atoms with Gasteiger partial charge >= 0.3 is 12.2 Å². The van der Waals surface area contributed by atoms with Crippen molar-refractivity contribution in [3.63, 3.8) is 0 Å². The zero-order valence-electron chi connectivity index (χ0n) is 18.8. The predicted octanol–water partition coefficient (Wildman–Crippen LogP) is 2.82. The molecule has 4 amide bonds. The van der Waals surface area contributed by atoms with Crippen molar-refractivity contribution in [2.75, 3.05) is 6.54 Å². The molecule has 4 rings (SSSR count). The molecule has 2 aromatic rings. The second-order valence-corrected chi connectivity index (χ2v) is 9.10. The summed E-state index contributed by atoms with van der Waals surface area (Å²) >= 11 is 1.05. The van der Waals surface area contributed by atoms with Gasteiger partial charge in [-0.3, -0.25) is 20.2 Å². The number of nitrogens with zero attached hydrogens (tertiary/aromatic N) is 3. The first kappa shape index (κ1) is 25.3. The maximum Gasteiger partial charge on any atom is 0.390 e. The second-order valence-electron chi connectivity index (χ2n) is 8.01. The van der Waals surface area contributed by atoms with Crippen molar-refractivity contribution in [1.82, 2.24) is 31.0 Å². The number of carbonyl (C=O) groups is 3. The Labute approximate surface area is 207 Å². The lowest BCUT2D eigenvalue weighted by molar-refractivity contribution is -0.133. The lowest BCUT2D eigenvalue weighted by atomic mass is 10.2. The van der Waals surface area contributed by atoms with Crippen molar-refractivity contribution in [2.45, 2.75) is 38.1 Å². The van der Waals surface area contributed by atoms with Gasteiger partial charge in [-0.2, -0.15) is 18.3 Å². The summed E-state index contributed by atoms with van der Waals surface area (Å²) in [6.07, 6.45) is 1.08. The number of allylic oxidation sites excluding steroid dienone is 1. The molecule has 36 heavy (non-hydrogen) atoms. The molecule has 0 atom stereocenters. The topological polar surface area (TPSA) is 130 Å². The number of hydrogen-bond acceptors (Lipinski definition) is 7. The Morgan fingerprint density at radius 2 is 2.03 bits per heavy atom. The first-order chi connectivity index (χ1) is 17.1. The van der Waals surface area contributed by atoms with Crippen LogP contribution in [0.2, 0.25) is 0 Å². The van der Waals surface area contributed by atoms with Crippen LogP contribution in [-0.4, -0.2) is 52.1 Å². The molecule has 1 aliphatic heterocycles.